The summed E-state index contributed by atoms with van der Waals surface area (Å²) in [7, 11) is 2.08. The Morgan fingerprint density at radius 3 is 2.69 bits per heavy atom. The molecule has 1 heterocycles. The van der Waals surface area contributed by atoms with Gasteiger partial charge in [-0.3, -0.25) is 4.90 Å². The molecule has 1 aliphatic heterocycles. The van der Waals surface area contributed by atoms with Gasteiger partial charge in [-0.2, -0.15) is 0 Å². The first kappa shape index (κ1) is 14.0. The number of nitrogens with one attached hydrogen (secondary N) is 1. The highest BCUT2D eigenvalue weighted by atomic mass is 15.2. The zero-order valence-electron chi connectivity index (χ0n) is 11.5. The molecular weight excluding hydrogens is 196 g/mol. The summed E-state index contributed by atoms with van der Waals surface area (Å²) in [6.07, 6.45) is 9.66. The molecule has 96 valence electrons. The van der Waals surface area contributed by atoms with E-state index in [1.807, 2.05) is 0 Å². The van der Waals surface area contributed by atoms with Crippen molar-refractivity contribution in [1.29, 1.82) is 0 Å². The Bertz CT molecular complexity index is 162. The summed E-state index contributed by atoms with van der Waals surface area (Å²) in [6, 6.07) is 1.63. The summed E-state index contributed by atoms with van der Waals surface area (Å²) < 4.78 is 0. The first-order valence-electron chi connectivity index (χ1n) is 7.23. The van der Waals surface area contributed by atoms with Crippen LogP contribution >= 0.6 is 0 Å². The minimum absolute atomic E-state index is 0.770. The Morgan fingerprint density at radius 1 is 1.25 bits per heavy atom. The highest BCUT2D eigenvalue weighted by Crippen LogP contribution is 2.24. The van der Waals surface area contributed by atoms with Crippen LogP contribution in [0.1, 0.15) is 58.8 Å². The third-order valence-electron chi connectivity index (χ3n) is 3.83. The second-order valence-electron chi connectivity index (χ2n) is 5.18. The largest absolute Gasteiger partial charge is 0.318 e. The summed E-state index contributed by atoms with van der Waals surface area (Å²) in [4.78, 5) is 2.80. The van der Waals surface area contributed by atoms with Crippen molar-refractivity contribution >= 4 is 0 Å². The van der Waals surface area contributed by atoms with Crippen molar-refractivity contribution in [3.63, 3.8) is 0 Å². The first-order valence-corrected chi connectivity index (χ1v) is 7.23. The molecule has 1 rings (SSSR count). The minimum atomic E-state index is 0.770. The van der Waals surface area contributed by atoms with Crippen LogP contribution in [0, 0.1) is 0 Å². The molecule has 0 aromatic heterocycles. The van der Waals surface area contributed by atoms with E-state index in [4.69, 9.17) is 0 Å². The van der Waals surface area contributed by atoms with Gasteiger partial charge >= 0.3 is 0 Å². The summed E-state index contributed by atoms with van der Waals surface area (Å²) >= 11 is 0. The van der Waals surface area contributed by atoms with Gasteiger partial charge in [0, 0.05) is 18.6 Å². The lowest BCUT2D eigenvalue weighted by molar-refractivity contribution is 0.0829. The summed E-state index contributed by atoms with van der Waals surface area (Å²) in [6.45, 7) is 7.12. The van der Waals surface area contributed by atoms with Gasteiger partial charge in [0.15, 0.2) is 0 Å². The molecule has 0 spiro atoms. The van der Waals surface area contributed by atoms with Crippen LogP contribution in [-0.4, -0.2) is 37.1 Å². The minimum Gasteiger partial charge on any atom is -0.318 e. The van der Waals surface area contributed by atoms with Gasteiger partial charge in [-0.1, -0.05) is 33.1 Å². The molecule has 0 aromatic carbocycles. The maximum atomic E-state index is 3.37. The molecule has 0 saturated carbocycles. The van der Waals surface area contributed by atoms with Gasteiger partial charge in [0.25, 0.3) is 0 Å². The smallest absolute Gasteiger partial charge is 0.0223 e. The van der Waals surface area contributed by atoms with E-state index < -0.39 is 0 Å². The van der Waals surface area contributed by atoms with Crippen molar-refractivity contribution in [2.24, 2.45) is 0 Å². The summed E-state index contributed by atoms with van der Waals surface area (Å²) in [5.41, 5.74) is 0. The maximum absolute atomic E-state index is 3.37. The fourth-order valence-electron chi connectivity index (χ4n) is 3.10. The quantitative estimate of drug-likeness (QED) is 0.718. The Hall–Kier alpha value is -0.0800. The normalized spacial score (nSPS) is 24.6. The molecule has 2 unspecified atom stereocenters. The van der Waals surface area contributed by atoms with Gasteiger partial charge in [-0.15, -0.1) is 0 Å². The molecule has 1 N–H and O–H groups in total. The van der Waals surface area contributed by atoms with Crippen LogP contribution in [0.3, 0.4) is 0 Å². The van der Waals surface area contributed by atoms with E-state index in [2.05, 4.69) is 31.1 Å². The van der Waals surface area contributed by atoms with Crippen molar-refractivity contribution in [2.45, 2.75) is 70.9 Å². The number of hydrogen-bond donors (Lipinski definition) is 1. The van der Waals surface area contributed by atoms with E-state index in [0.29, 0.717) is 0 Å². The molecule has 0 radical (unpaired) electrons. The second kappa shape index (κ2) is 8.08. The lowest BCUT2D eigenvalue weighted by Gasteiger charge is -2.41. The van der Waals surface area contributed by atoms with Crippen molar-refractivity contribution in [3.05, 3.63) is 0 Å². The number of rotatable bonds is 7. The number of piperidine rings is 1. The molecule has 2 heteroatoms. The maximum Gasteiger partial charge on any atom is 0.0223 e. The Kier molecular flexibility index (Phi) is 7.06. The van der Waals surface area contributed by atoms with Crippen molar-refractivity contribution in [3.8, 4) is 0 Å². The predicted octanol–water partition coefficient (Wildman–Crippen LogP) is 3.03. The van der Waals surface area contributed by atoms with Crippen LogP contribution in [0.4, 0.5) is 0 Å². The van der Waals surface area contributed by atoms with Crippen LogP contribution in [0.2, 0.25) is 0 Å². The fraction of sp³-hybridized carbons (Fsp3) is 1.00. The molecule has 0 aromatic rings. The average molecular weight is 226 g/mol. The van der Waals surface area contributed by atoms with Gasteiger partial charge in [0.2, 0.25) is 0 Å². The molecule has 0 amide bonds. The standard InChI is InChI=1S/C14H30N2/c1-4-8-13-10-6-7-11-16(13)14(9-5-2)12-15-3/h13-15H,4-12H2,1-3H3. The van der Waals surface area contributed by atoms with Crippen molar-refractivity contribution in [1.82, 2.24) is 10.2 Å². The van der Waals surface area contributed by atoms with E-state index in [1.54, 1.807) is 0 Å². The first-order chi connectivity index (χ1) is 7.83. The molecule has 0 bridgehead atoms. The number of nitrogens with zero attached hydrogens (tertiary/aromatic N) is 1. The van der Waals surface area contributed by atoms with E-state index in [9.17, 15) is 0 Å². The van der Waals surface area contributed by atoms with Gasteiger partial charge in [0.05, 0.1) is 0 Å². The molecule has 1 aliphatic rings. The summed E-state index contributed by atoms with van der Waals surface area (Å²) in [5.74, 6) is 0. The van der Waals surface area contributed by atoms with Crippen LogP contribution in [-0.2, 0) is 0 Å². The zero-order valence-corrected chi connectivity index (χ0v) is 11.5. The lowest BCUT2D eigenvalue weighted by atomic mass is 9.95. The molecular formula is C14H30N2. The number of hydrogen-bond acceptors (Lipinski definition) is 2. The van der Waals surface area contributed by atoms with E-state index in [-0.39, 0.29) is 0 Å². The molecule has 16 heavy (non-hydrogen) atoms. The number of likely N-dealkylation sites (tertiary alicyclic amines) is 1. The van der Waals surface area contributed by atoms with Gasteiger partial charge in [-0.05, 0) is 39.3 Å². The third kappa shape index (κ3) is 4.06. The van der Waals surface area contributed by atoms with Gasteiger partial charge in [-0.25, -0.2) is 0 Å². The highest BCUT2D eigenvalue weighted by molar-refractivity contribution is 4.83. The fourth-order valence-corrected chi connectivity index (χ4v) is 3.10. The predicted molar refractivity (Wildman–Crippen MR) is 71.9 cm³/mol. The highest BCUT2D eigenvalue weighted by Gasteiger charge is 2.27. The average Bonchev–Trinajstić information content (AvgIpc) is 2.30. The van der Waals surface area contributed by atoms with E-state index >= 15 is 0 Å². The molecule has 1 saturated heterocycles. The SMILES string of the molecule is CCCC1CCCCN1C(CCC)CNC. The van der Waals surface area contributed by atoms with Gasteiger partial charge < -0.3 is 5.32 Å². The summed E-state index contributed by atoms with van der Waals surface area (Å²) in [5, 5.41) is 3.37. The molecule has 1 fully saturated rings. The van der Waals surface area contributed by atoms with E-state index in [1.165, 1.54) is 51.5 Å². The molecule has 2 nitrogen and oxygen atoms in total. The Labute approximate surface area is 102 Å². The van der Waals surface area contributed by atoms with Crippen LogP contribution in [0.25, 0.3) is 0 Å². The lowest BCUT2D eigenvalue weighted by Crippen LogP contribution is -2.49. The Balaban J connectivity index is 2.54. The van der Waals surface area contributed by atoms with Crippen LogP contribution in [0.15, 0.2) is 0 Å². The zero-order chi connectivity index (χ0) is 11.8. The van der Waals surface area contributed by atoms with Crippen molar-refractivity contribution in [2.75, 3.05) is 20.1 Å². The number of likely N-dealkylation sites (N-methyl/N-ethyl adjacent to an activating group) is 1. The second-order valence-corrected chi connectivity index (χ2v) is 5.18. The topological polar surface area (TPSA) is 15.3 Å². The Morgan fingerprint density at radius 2 is 2.06 bits per heavy atom. The third-order valence-corrected chi connectivity index (χ3v) is 3.83. The molecule has 2 atom stereocenters. The van der Waals surface area contributed by atoms with Gasteiger partial charge in [0.1, 0.15) is 0 Å². The van der Waals surface area contributed by atoms with Crippen molar-refractivity contribution < 1.29 is 0 Å². The van der Waals surface area contributed by atoms with Crippen LogP contribution in [0.5, 0.6) is 0 Å². The monoisotopic (exact) mass is 226 g/mol. The van der Waals surface area contributed by atoms with E-state index in [0.717, 1.165) is 18.6 Å². The molecule has 0 aliphatic carbocycles. The van der Waals surface area contributed by atoms with Crippen LogP contribution < -0.4 is 5.32 Å².